The van der Waals surface area contributed by atoms with Crippen molar-refractivity contribution in [3.8, 4) is 0 Å². The minimum Gasteiger partial charge on any atom is -0.258 e. The standard InChI is InChI=1S/C14H17BrFNO2/c15-12-7-3-1-2-5-10(12)9-11-6-4-8-13(14(11)16)17(18)19/h4,6,8,10,12H,1-3,5,7,9H2. The Morgan fingerprint density at radius 3 is 2.79 bits per heavy atom. The molecule has 0 radical (unpaired) electrons. The van der Waals surface area contributed by atoms with Gasteiger partial charge in [-0.2, -0.15) is 4.39 Å². The largest absolute Gasteiger partial charge is 0.305 e. The van der Waals surface area contributed by atoms with Crippen LogP contribution >= 0.6 is 15.9 Å². The molecule has 3 nitrogen and oxygen atoms in total. The molecule has 1 aromatic rings. The van der Waals surface area contributed by atoms with Gasteiger partial charge < -0.3 is 0 Å². The maximum atomic E-state index is 14.0. The number of alkyl halides is 1. The second-order valence-electron chi connectivity index (χ2n) is 5.13. The molecule has 2 atom stereocenters. The summed E-state index contributed by atoms with van der Waals surface area (Å²) >= 11 is 3.68. The molecule has 0 saturated heterocycles. The molecule has 0 N–H and O–H groups in total. The van der Waals surface area contributed by atoms with E-state index < -0.39 is 16.4 Å². The minimum absolute atomic E-state index is 0.360. The molecule has 0 aliphatic heterocycles. The molecule has 19 heavy (non-hydrogen) atoms. The van der Waals surface area contributed by atoms with Crippen molar-refractivity contribution in [2.24, 2.45) is 5.92 Å². The first-order valence-electron chi connectivity index (χ1n) is 6.65. The highest BCUT2D eigenvalue weighted by molar-refractivity contribution is 9.09. The van der Waals surface area contributed by atoms with Crippen LogP contribution in [0.4, 0.5) is 10.1 Å². The van der Waals surface area contributed by atoms with Gasteiger partial charge in [0.25, 0.3) is 0 Å². The average molecular weight is 330 g/mol. The summed E-state index contributed by atoms with van der Waals surface area (Å²) < 4.78 is 14.0. The monoisotopic (exact) mass is 329 g/mol. The zero-order chi connectivity index (χ0) is 13.8. The number of nitro benzene ring substituents is 1. The van der Waals surface area contributed by atoms with E-state index in [4.69, 9.17) is 0 Å². The first kappa shape index (κ1) is 14.4. The fraction of sp³-hybridized carbons (Fsp3) is 0.571. The van der Waals surface area contributed by atoms with E-state index in [1.807, 2.05) is 0 Å². The lowest BCUT2D eigenvalue weighted by Crippen LogP contribution is -2.16. The third-order valence-corrected chi connectivity index (χ3v) is 5.01. The highest BCUT2D eigenvalue weighted by atomic mass is 79.9. The average Bonchev–Trinajstić information content (AvgIpc) is 2.57. The molecule has 1 fully saturated rings. The quantitative estimate of drug-likeness (QED) is 0.351. The van der Waals surface area contributed by atoms with Crippen LogP contribution in [-0.4, -0.2) is 9.75 Å². The van der Waals surface area contributed by atoms with Gasteiger partial charge in [0.15, 0.2) is 0 Å². The molecule has 2 rings (SSSR count). The first-order chi connectivity index (χ1) is 9.09. The molecule has 104 valence electrons. The van der Waals surface area contributed by atoms with E-state index in [2.05, 4.69) is 15.9 Å². The van der Waals surface area contributed by atoms with Crippen molar-refractivity contribution >= 4 is 21.6 Å². The van der Waals surface area contributed by atoms with Gasteiger partial charge in [-0.15, -0.1) is 0 Å². The van der Waals surface area contributed by atoms with E-state index in [9.17, 15) is 14.5 Å². The van der Waals surface area contributed by atoms with E-state index in [0.29, 0.717) is 22.7 Å². The van der Waals surface area contributed by atoms with Crippen molar-refractivity contribution in [3.63, 3.8) is 0 Å². The Hall–Kier alpha value is -0.970. The number of nitrogens with zero attached hydrogens (tertiary/aromatic N) is 1. The summed E-state index contributed by atoms with van der Waals surface area (Å²) in [4.78, 5) is 10.5. The topological polar surface area (TPSA) is 43.1 Å². The zero-order valence-electron chi connectivity index (χ0n) is 10.6. The summed E-state index contributed by atoms with van der Waals surface area (Å²) in [7, 11) is 0. The molecular formula is C14H17BrFNO2. The van der Waals surface area contributed by atoms with Crippen LogP contribution in [0.1, 0.15) is 37.7 Å². The molecule has 2 unspecified atom stereocenters. The molecule has 1 saturated carbocycles. The SMILES string of the molecule is O=[N+]([O-])c1cccc(CC2CCCCCC2Br)c1F. The molecular weight excluding hydrogens is 313 g/mol. The van der Waals surface area contributed by atoms with E-state index in [1.165, 1.54) is 18.9 Å². The van der Waals surface area contributed by atoms with Crippen LogP contribution in [0.15, 0.2) is 18.2 Å². The maximum Gasteiger partial charge on any atom is 0.305 e. The van der Waals surface area contributed by atoms with Crippen LogP contribution in [0.25, 0.3) is 0 Å². The summed E-state index contributed by atoms with van der Waals surface area (Å²) in [6, 6.07) is 4.45. The highest BCUT2D eigenvalue weighted by Gasteiger charge is 2.25. The smallest absolute Gasteiger partial charge is 0.258 e. The lowest BCUT2D eigenvalue weighted by molar-refractivity contribution is -0.387. The van der Waals surface area contributed by atoms with Gasteiger partial charge >= 0.3 is 5.69 Å². The Morgan fingerprint density at radius 2 is 2.05 bits per heavy atom. The van der Waals surface area contributed by atoms with Crippen LogP contribution < -0.4 is 0 Å². The fourth-order valence-corrected chi connectivity index (χ4v) is 3.49. The fourth-order valence-electron chi connectivity index (χ4n) is 2.72. The van der Waals surface area contributed by atoms with Gasteiger partial charge in [-0.25, -0.2) is 0 Å². The van der Waals surface area contributed by atoms with Crippen molar-refractivity contribution in [3.05, 3.63) is 39.7 Å². The summed E-state index contributed by atoms with van der Waals surface area (Å²) in [5.41, 5.74) is 0.0443. The zero-order valence-corrected chi connectivity index (χ0v) is 12.2. The molecule has 0 aromatic heterocycles. The van der Waals surface area contributed by atoms with E-state index in [-0.39, 0.29) is 0 Å². The number of rotatable bonds is 3. The second-order valence-corrected chi connectivity index (χ2v) is 6.30. The molecule has 1 aromatic carbocycles. The van der Waals surface area contributed by atoms with E-state index >= 15 is 0 Å². The van der Waals surface area contributed by atoms with Gasteiger partial charge in [0.2, 0.25) is 5.82 Å². The van der Waals surface area contributed by atoms with E-state index in [0.717, 1.165) is 19.3 Å². The van der Waals surface area contributed by atoms with Gasteiger partial charge in [-0.05, 0) is 30.7 Å². The van der Waals surface area contributed by atoms with Crippen LogP contribution in [0.3, 0.4) is 0 Å². The molecule has 1 aliphatic carbocycles. The number of hydrogen-bond acceptors (Lipinski definition) is 2. The summed E-state index contributed by atoms with van der Waals surface area (Å²) in [6.07, 6.45) is 6.30. The third-order valence-electron chi connectivity index (χ3n) is 3.80. The van der Waals surface area contributed by atoms with Crippen LogP contribution in [-0.2, 0) is 6.42 Å². The Labute approximate surface area is 120 Å². The number of hydrogen-bond donors (Lipinski definition) is 0. The molecule has 0 amide bonds. The predicted octanol–water partition coefficient (Wildman–Crippen LogP) is 4.62. The molecule has 5 heteroatoms. The molecule has 0 spiro atoms. The van der Waals surface area contributed by atoms with Crippen molar-refractivity contribution in [1.29, 1.82) is 0 Å². The molecule has 0 heterocycles. The van der Waals surface area contributed by atoms with Gasteiger partial charge in [-0.3, -0.25) is 10.1 Å². The van der Waals surface area contributed by atoms with Crippen molar-refractivity contribution in [1.82, 2.24) is 0 Å². The predicted molar refractivity (Wildman–Crippen MR) is 76.0 cm³/mol. The van der Waals surface area contributed by atoms with Crippen molar-refractivity contribution in [2.75, 3.05) is 0 Å². The second kappa shape index (κ2) is 6.46. The minimum atomic E-state index is -0.670. The normalized spacial score (nSPS) is 23.9. The van der Waals surface area contributed by atoms with Crippen molar-refractivity contribution < 1.29 is 9.31 Å². The molecule has 0 bridgehead atoms. The van der Waals surface area contributed by atoms with Crippen LogP contribution in [0, 0.1) is 21.8 Å². The first-order valence-corrected chi connectivity index (χ1v) is 7.57. The van der Waals surface area contributed by atoms with Gasteiger partial charge in [-0.1, -0.05) is 47.3 Å². The van der Waals surface area contributed by atoms with Gasteiger partial charge in [0.1, 0.15) is 0 Å². The lowest BCUT2D eigenvalue weighted by Gasteiger charge is -2.20. The Balaban J connectivity index is 2.18. The van der Waals surface area contributed by atoms with E-state index in [1.54, 1.807) is 12.1 Å². The number of nitro groups is 1. The Morgan fingerprint density at radius 1 is 1.32 bits per heavy atom. The van der Waals surface area contributed by atoms with Crippen molar-refractivity contribution in [2.45, 2.75) is 43.4 Å². The van der Waals surface area contributed by atoms with Crippen LogP contribution in [0.5, 0.6) is 0 Å². The summed E-state index contributed by atoms with van der Waals surface area (Å²) in [6.45, 7) is 0. The number of benzene rings is 1. The lowest BCUT2D eigenvalue weighted by atomic mass is 9.92. The Bertz CT molecular complexity index is 467. The highest BCUT2D eigenvalue weighted by Crippen LogP contribution is 2.33. The van der Waals surface area contributed by atoms with Crippen LogP contribution in [0.2, 0.25) is 0 Å². The third kappa shape index (κ3) is 3.53. The van der Waals surface area contributed by atoms with Gasteiger partial charge in [0, 0.05) is 10.9 Å². The molecule has 1 aliphatic rings. The summed E-state index contributed by atoms with van der Waals surface area (Å²) in [5, 5.41) is 10.7. The van der Waals surface area contributed by atoms with Gasteiger partial charge in [0.05, 0.1) is 4.92 Å². The maximum absolute atomic E-state index is 14.0. The Kier molecular flexibility index (Phi) is 4.91. The summed E-state index contributed by atoms with van der Waals surface area (Å²) in [5.74, 6) is -0.310. The number of halogens is 2.